The number of amides is 2. The van der Waals surface area contributed by atoms with Crippen LogP contribution in [0.3, 0.4) is 0 Å². The van der Waals surface area contributed by atoms with Crippen LogP contribution in [0.15, 0.2) is 24.3 Å². The summed E-state index contributed by atoms with van der Waals surface area (Å²) in [4.78, 5) is 24.9. The monoisotopic (exact) mass is 294 g/mol. The molecule has 4 nitrogen and oxygen atoms in total. The normalized spacial score (nSPS) is 20.3. The summed E-state index contributed by atoms with van der Waals surface area (Å²) in [5.74, 6) is -0.0840. The summed E-state index contributed by atoms with van der Waals surface area (Å²) < 4.78 is 0. The Morgan fingerprint density at radius 1 is 1.40 bits per heavy atom. The third-order valence-electron chi connectivity index (χ3n) is 3.71. The Bertz CT molecular complexity index is 475. The summed E-state index contributed by atoms with van der Waals surface area (Å²) in [6.07, 6.45) is 3.46. The van der Waals surface area contributed by atoms with Gasteiger partial charge < -0.3 is 10.2 Å². The number of halogens is 1. The molecule has 0 aliphatic carbocycles. The van der Waals surface area contributed by atoms with Crippen molar-refractivity contribution in [2.45, 2.75) is 38.3 Å². The zero-order valence-electron chi connectivity index (χ0n) is 11.5. The van der Waals surface area contributed by atoms with Gasteiger partial charge in [-0.2, -0.15) is 0 Å². The number of piperidine rings is 1. The van der Waals surface area contributed by atoms with Gasteiger partial charge in [0.2, 0.25) is 12.3 Å². The van der Waals surface area contributed by atoms with Crippen molar-refractivity contribution >= 4 is 23.9 Å². The van der Waals surface area contributed by atoms with Gasteiger partial charge in [0.25, 0.3) is 0 Å². The van der Waals surface area contributed by atoms with Crippen molar-refractivity contribution in [3.05, 3.63) is 34.9 Å². The highest BCUT2D eigenvalue weighted by Crippen LogP contribution is 2.19. The van der Waals surface area contributed by atoms with Gasteiger partial charge in [0.05, 0.1) is 6.04 Å². The van der Waals surface area contributed by atoms with Crippen LogP contribution in [0.1, 0.15) is 37.8 Å². The Morgan fingerprint density at radius 2 is 2.10 bits per heavy atom. The van der Waals surface area contributed by atoms with Crippen molar-refractivity contribution in [1.82, 2.24) is 10.2 Å². The van der Waals surface area contributed by atoms with Crippen molar-refractivity contribution in [2.75, 3.05) is 6.54 Å². The molecule has 0 radical (unpaired) electrons. The highest BCUT2D eigenvalue weighted by atomic mass is 35.5. The van der Waals surface area contributed by atoms with Gasteiger partial charge in [-0.3, -0.25) is 9.59 Å². The van der Waals surface area contributed by atoms with E-state index in [2.05, 4.69) is 5.32 Å². The van der Waals surface area contributed by atoms with E-state index in [9.17, 15) is 9.59 Å². The molecular weight excluding hydrogens is 276 g/mol. The quantitative estimate of drug-likeness (QED) is 0.868. The molecule has 1 aliphatic heterocycles. The fraction of sp³-hybridized carbons (Fsp3) is 0.467. The minimum atomic E-state index is -0.337. The molecule has 2 rings (SSSR count). The van der Waals surface area contributed by atoms with Crippen molar-refractivity contribution in [1.29, 1.82) is 0 Å². The van der Waals surface area contributed by atoms with E-state index < -0.39 is 0 Å². The minimum Gasteiger partial charge on any atom is -0.348 e. The first-order valence-corrected chi connectivity index (χ1v) is 7.26. The Labute approximate surface area is 124 Å². The lowest BCUT2D eigenvalue weighted by molar-refractivity contribution is -0.135. The van der Waals surface area contributed by atoms with Gasteiger partial charge in [0, 0.05) is 11.6 Å². The average molecular weight is 295 g/mol. The zero-order chi connectivity index (χ0) is 14.5. The van der Waals surface area contributed by atoms with E-state index in [1.807, 2.05) is 19.1 Å². The number of benzene rings is 1. The summed E-state index contributed by atoms with van der Waals surface area (Å²) >= 11 is 5.85. The van der Waals surface area contributed by atoms with Crippen molar-refractivity contribution in [2.24, 2.45) is 0 Å². The Morgan fingerprint density at radius 3 is 2.75 bits per heavy atom. The van der Waals surface area contributed by atoms with Crippen LogP contribution in [0.25, 0.3) is 0 Å². The molecule has 20 heavy (non-hydrogen) atoms. The molecule has 108 valence electrons. The van der Waals surface area contributed by atoms with Crippen LogP contribution in [0.2, 0.25) is 5.02 Å². The molecule has 0 bridgehead atoms. The maximum absolute atomic E-state index is 12.3. The molecule has 1 saturated heterocycles. The molecule has 1 fully saturated rings. The summed E-state index contributed by atoms with van der Waals surface area (Å²) in [5.41, 5.74) is 0.996. The number of hydrogen-bond acceptors (Lipinski definition) is 2. The first-order valence-electron chi connectivity index (χ1n) is 6.88. The molecular formula is C15H19ClN2O2. The number of nitrogens with zero attached hydrogens (tertiary/aromatic N) is 1. The number of rotatable bonds is 4. The third kappa shape index (κ3) is 3.51. The first-order chi connectivity index (χ1) is 9.61. The highest BCUT2D eigenvalue weighted by molar-refractivity contribution is 6.30. The molecule has 1 heterocycles. The average Bonchev–Trinajstić information content (AvgIpc) is 2.47. The molecule has 0 aromatic heterocycles. The predicted molar refractivity (Wildman–Crippen MR) is 78.4 cm³/mol. The molecule has 1 N–H and O–H groups in total. The van der Waals surface area contributed by atoms with Gasteiger partial charge in [0.1, 0.15) is 6.04 Å². The van der Waals surface area contributed by atoms with Crippen LogP contribution in [-0.4, -0.2) is 29.8 Å². The lowest BCUT2D eigenvalue weighted by Gasteiger charge is -2.32. The number of carbonyl (C=O) groups is 2. The van der Waals surface area contributed by atoms with Crippen LogP contribution in [-0.2, 0) is 9.59 Å². The second-order valence-corrected chi connectivity index (χ2v) is 5.57. The standard InChI is InChI=1S/C15H19ClN2O2/c1-11(12-5-7-13(16)8-6-12)17-15(20)14-4-2-3-9-18(14)10-19/h5-8,10-11,14H,2-4,9H2,1H3,(H,17,20)/t11-,14+/m1/s1. The molecule has 1 aromatic rings. The largest absolute Gasteiger partial charge is 0.348 e. The molecule has 0 saturated carbocycles. The van der Waals surface area contributed by atoms with E-state index in [4.69, 9.17) is 11.6 Å². The Balaban J connectivity index is 1.99. The molecule has 5 heteroatoms. The van der Waals surface area contributed by atoms with Crippen LogP contribution >= 0.6 is 11.6 Å². The maximum atomic E-state index is 12.3. The maximum Gasteiger partial charge on any atom is 0.243 e. The van der Waals surface area contributed by atoms with Gasteiger partial charge in [-0.15, -0.1) is 0 Å². The smallest absolute Gasteiger partial charge is 0.243 e. The second-order valence-electron chi connectivity index (χ2n) is 5.14. The number of hydrogen-bond donors (Lipinski definition) is 1. The van der Waals surface area contributed by atoms with Crippen molar-refractivity contribution < 1.29 is 9.59 Å². The van der Waals surface area contributed by atoms with E-state index in [1.54, 1.807) is 17.0 Å². The summed E-state index contributed by atoms with van der Waals surface area (Å²) in [6.45, 7) is 2.59. The molecule has 1 aromatic carbocycles. The van der Waals surface area contributed by atoms with Gasteiger partial charge in [-0.25, -0.2) is 0 Å². The van der Waals surface area contributed by atoms with Gasteiger partial charge in [0.15, 0.2) is 0 Å². The first kappa shape index (κ1) is 14.9. The zero-order valence-corrected chi connectivity index (χ0v) is 12.3. The predicted octanol–water partition coefficient (Wildman–Crippen LogP) is 2.53. The molecule has 1 aliphatic rings. The number of nitrogens with one attached hydrogen (secondary N) is 1. The van der Waals surface area contributed by atoms with Gasteiger partial charge in [-0.05, 0) is 43.9 Å². The lowest BCUT2D eigenvalue weighted by Crippen LogP contribution is -2.49. The van der Waals surface area contributed by atoms with Crippen LogP contribution in [0, 0.1) is 0 Å². The minimum absolute atomic E-state index is 0.0840. The van der Waals surface area contributed by atoms with Crippen LogP contribution in [0.4, 0.5) is 0 Å². The summed E-state index contributed by atoms with van der Waals surface area (Å²) in [6, 6.07) is 6.96. The van der Waals surface area contributed by atoms with Gasteiger partial charge >= 0.3 is 0 Å². The van der Waals surface area contributed by atoms with Crippen LogP contribution in [0.5, 0.6) is 0 Å². The third-order valence-corrected chi connectivity index (χ3v) is 3.96. The molecule has 0 spiro atoms. The molecule has 2 atom stereocenters. The molecule has 2 amide bonds. The van der Waals surface area contributed by atoms with E-state index >= 15 is 0 Å². The Kier molecular flexibility index (Phi) is 5.01. The van der Waals surface area contributed by atoms with E-state index in [1.165, 1.54) is 0 Å². The fourth-order valence-corrected chi connectivity index (χ4v) is 2.63. The highest BCUT2D eigenvalue weighted by Gasteiger charge is 2.28. The summed E-state index contributed by atoms with van der Waals surface area (Å²) in [7, 11) is 0. The number of carbonyl (C=O) groups excluding carboxylic acids is 2. The number of likely N-dealkylation sites (tertiary alicyclic amines) is 1. The van der Waals surface area contributed by atoms with E-state index in [-0.39, 0.29) is 18.0 Å². The van der Waals surface area contributed by atoms with E-state index in [0.29, 0.717) is 11.6 Å². The van der Waals surface area contributed by atoms with Crippen molar-refractivity contribution in [3.63, 3.8) is 0 Å². The van der Waals surface area contributed by atoms with Gasteiger partial charge in [-0.1, -0.05) is 23.7 Å². The Hall–Kier alpha value is -1.55. The van der Waals surface area contributed by atoms with Crippen molar-refractivity contribution in [3.8, 4) is 0 Å². The topological polar surface area (TPSA) is 49.4 Å². The molecule has 0 unspecified atom stereocenters. The summed E-state index contributed by atoms with van der Waals surface area (Å²) in [5, 5.41) is 3.64. The fourth-order valence-electron chi connectivity index (χ4n) is 2.51. The SMILES string of the molecule is C[C@@H](NC(=O)[C@@H]1CCCCN1C=O)c1ccc(Cl)cc1. The van der Waals surface area contributed by atoms with Crippen LogP contribution < -0.4 is 5.32 Å². The van der Waals surface area contributed by atoms with E-state index in [0.717, 1.165) is 31.2 Å². The lowest BCUT2D eigenvalue weighted by atomic mass is 10.0. The second kappa shape index (κ2) is 6.75.